The topological polar surface area (TPSA) is 12.0 Å². The van der Waals surface area contributed by atoms with Crippen molar-refractivity contribution in [1.82, 2.24) is 5.32 Å². The summed E-state index contributed by atoms with van der Waals surface area (Å²) in [7, 11) is 2.07. The Kier molecular flexibility index (Phi) is 6.40. The lowest BCUT2D eigenvalue weighted by molar-refractivity contribution is 0.101. The molecular formula is C12H27N. The first-order chi connectivity index (χ1) is 6.18. The van der Waals surface area contributed by atoms with Crippen molar-refractivity contribution in [2.24, 2.45) is 11.3 Å². The van der Waals surface area contributed by atoms with Crippen molar-refractivity contribution in [3.63, 3.8) is 0 Å². The van der Waals surface area contributed by atoms with E-state index >= 15 is 0 Å². The van der Waals surface area contributed by atoms with Gasteiger partial charge in [-0.1, -0.05) is 34.1 Å². The van der Waals surface area contributed by atoms with E-state index in [2.05, 4.69) is 26.2 Å². The Labute approximate surface area is 84.3 Å². The van der Waals surface area contributed by atoms with E-state index in [1.807, 2.05) is 13.8 Å². The van der Waals surface area contributed by atoms with Crippen molar-refractivity contribution in [3.8, 4) is 0 Å². The van der Waals surface area contributed by atoms with Crippen LogP contribution < -0.4 is 5.32 Å². The highest BCUT2D eigenvalue weighted by atomic mass is 14.8. The van der Waals surface area contributed by atoms with Crippen LogP contribution in [0.5, 0.6) is 0 Å². The zero-order valence-corrected chi connectivity index (χ0v) is 10.1. The van der Waals surface area contributed by atoms with Crippen molar-refractivity contribution in [2.75, 3.05) is 13.6 Å². The fourth-order valence-electron chi connectivity index (χ4n) is 2.37. The van der Waals surface area contributed by atoms with Crippen molar-refractivity contribution >= 4 is 0 Å². The average Bonchev–Trinajstić information content (AvgIpc) is 2.04. The highest BCUT2D eigenvalue weighted by molar-refractivity contribution is 4.89. The summed E-state index contributed by atoms with van der Waals surface area (Å²) in [6, 6.07) is 0. The van der Waals surface area contributed by atoms with Gasteiger partial charge in [-0.2, -0.15) is 0 Å². The van der Waals surface area contributed by atoms with Crippen molar-refractivity contribution < 1.29 is 0 Å². The molecule has 1 nitrogen and oxygen atoms in total. The molecule has 1 aliphatic rings. The van der Waals surface area contributed by atoms with Crippen LogP contribution in [-0.4, -0.2) is 13.6 Å². The summed E-state index contributed by atoms with van der Waals surface area (Å²) in [5.74, 6) is 0.864. The quantitative estimate of drug-likeness (QED) is 0.707. The zero-order valence-electron chi connectivity index (χ0n) is 10.1. The minimum absolute atomic E-state index is 0.683. The van der Waals surface area contributed by atoms with Crippen LogP contribution in [0.3, 0.4) is 0 Å². The van der Waals surface area contributed by atoms with E-state index in [0.717, 1.165) is 5.92 Å². The molecule has 1 fully saturated rings. The second kappa shape index (κ2) is 6.42. The summed E-state index contributed by atoms with van der Waals surface area (Å²) >= 11 is 0. The van der Waals surface area contributed by atoms with Crippen molar-refractivity contribution in [3.05, 3.63) is 0 Å². The van der Waals surface area contributed by atoms with Crippen LogP contribution in [0, 0.1) is 11.3 Å². The summed E-state index contributed by atoms with van der Waals surface area (Å²) in [6.45, 7) is 9.89. The maximum Gasteiger partial charge on any atom is 0.000490 e. The highest BCUT2D eigenvalue weighted by Crippen LogP contribution is 2.45. The molecule has 0 amide bonds. The monoisotopic (exact) mass is 185 g/mol. The molecule has 0 radical (unpaired) electrons. The molecule has 1 aliphatic carbocycles. The Balaban J connectivity index is 0.000000671. The van der Waals surface area contributed by atoms with Gasteiger partial charge < -0.3 is 5.32 Å². The molecule has 1 saturated carbocycles. The van der Waals surface area contributed by atoms with Crippen LogP contribution in [0.15, 0.2) is 0 Å². The molecule has 0 aromatic heterocycles. The summed E-state index contributed by atoms with van der Waals surface area (Å²) in [4.78, 5) is 0. The van der Waals surface area contributed by atoms with Gasteiger partial charge in [0.1, 0.15) is 0 Å². The van der Waals surface area contributed by atoms with Gasteiger partial charge in [0.15, 0.2) is 0 Å². The standard InChI is InChI=1S/C10H21N.C2H6/c1-9(2)7-10(8-11-3)5-4-6-10;1-2/h9,11H,4-8H2,1-3H3;1-2H3. The van der Waals surface area contributed by atoms with E-state index in [1.54, 1.807) is 0 Å². The largest absolute Gasteiger partial charge is 0.319 e. The minimum atomic E-state index is 0.683. The van der Waals surface area contributed by atoms with Gasteiger partial charge in [-0.15, -0.1) is 0 Å². The van der Waals surface area contributed by atoms with Gasteiger partial charge >= 0.3 is 0 Å². The van der Waals surface area contributed by atoms with Crippen LogP contribution in [0.25, 0.3) is 0 Å². The lowest BCUT2D eigenvalue weighted by Gasteiger charge is -2.43. The van der Waals surface area contributed by atoms with E-state index in [0.29, 0.717) is 5.41 Å². The molecule has 0 saturated heterocycles. The highest BCUT2D eigenvalue weighted by Gasteiger charge is 2.36. The third-order valence-electron chi connectivity index (χ3n) is 2.81. The Hall–Kier alpha value is -0.0400. The summed E-state index contributed by atoms with van der Waals surface area (Å²) in [6.07, 6.45) is 5.76. The van der Waals surface area contributed by atoms with Gasteiger partial charge in [-0.3, -0.25) is 0 Å². The zero-order chi connectivity index (χ0) is 10.3. The molecule has 0 heterocycles. The van der Waals surface area contributed by atoms with Gasteiger partial charge in [0, 0.05) is 6.54 Å². The molecule has 0 spiro atoms. The Morgan fingerprint density at radius 2 is 1.77 bits per heavy atom. The normalized spacial score (nSPS) is 18.9. The molecule has 0 unspecified atom stereocenters. The van der Waals surface area contributed by atoms with Gasteiger partial charge in [-0.05, 0) is 37.6 Å². The van der Waals surface area contributed by atoms with Crippen LogP contribution in [0.1, 0.15) is 53.4 Å². The lowest BCUT2D eigenvalue weighted by atomic mass is 9.64. The molecule has 13 heavy (non-hydrogen) atoms. The second-order valence-electron chi connectivity index (χ2n) is 4.48. The first-order valence-corrected chi connectivity index (χ1v) is 5.83. The molecule has 1 heteroatoms. The van der Waals surface area contributed by atoms with Crippen molar-refractivity contribution in [1.29, 1.82) is 0 Å². The number of nitrogens with one attached hydrogen (secondary N) is 1. The maximum absolute atomic E-state index is 3.32. The smallest absolute Gasteiger partial charge is 0.000490 e. The predicted molar refractivity (Wildman–Crippen MR) is 61.0 cm³/mol. The summed E-state index contributed by atoms with van der Waals surface area (Å²) in [5, 5.41) is 3.32. The molecule has 0 aromatic rings. The van der Waals surface area contributed by atoms with Gasteiger partial charge in [0.25, 0.3) is 0 Å². The molecule has 0 bridgehead atoms. The Morgan fingerprint density at radius 1 is 1.23 bits per heavy atom. The Bertz CT molecular complexity index is 114. The molecule has 0 atom stereocenters. The molecule has 1 rings (SSSR count). The minimum Gasteiger partial charge on any atom is -0.319 e. The van der Waals surface area contributed by atoms with E-state index < -0.39 is 0 Å². The molecule has 80 valence electrons. The number of hydrogen-bond acceptors (Lipinski definition) is 1. The molecule has 0 aliphatic heterocycles. The van der Waals surface area contributed by atoms with E-state index in [1.165, 1.54) is 32.2 Å². The van der Waals surface area contributed by atoms with E-state index in [9.17, 15) is 0 Å². The third-order valence-corrected chi connectivity index (χ3v) is 2.81. The van der Waals surface area contributed by atoms with Crippen molar-refractivity contribution in [2.45, 2.75) is 53.4 Å². The van der Waals surface area contributed by atoms with Gasteiger partial charge in [0.05, 0.1) is 0 Å². The fourth-order valence-corrected chi connectivity index (χ4v) is 2.37. The summed E-state index contributed by atoms with van der Waals surface area (Å²) < 4.78 is 0. The SMILES string of the molecule is CC.CNCC1(CC(C)C)CCC1. The predicted octanol–water partition coefficient (Wildman–Crippen LogP) is 3.45. The van der Waals surface area contributed by atoms with Crippen LogP contribution in [0.2, 0.25) is 0 Å². The lowest BCUT2D eigenvalue weighted by Crippen LogP contribution is -2.39. The van der Waals surface area contributed by atoms with E-state index in [-0.39, 0.29) is 0 Å². The molecule has 0 aromatic carbocycles. The van der Waals surface area contributed by atoms with E-state index in [4.69, 9.17) is 0 Å². The van der Waals surface area contributed by atoms with Crippen LogP contribution in [0.4, 0.5) is 0 Å². The van der Waals surface area contributed by atoms with Crippen LogP contribution >= 0.6 is 0 Å². The number of hydrogen-bond donors (Lipinski definition) is 1. The van der Waals surface area contributed by atoms with Gasteiger partial charge in [0.2, 0.25) is 0 Å². The third kappa shape index (κ3) is 4.12. The maximum atomic E-state index is 3.32. The van der Waals surface area contributed by atoms with Gasteiger partial charge in [-0.25, -0.2) is 0 Å². The number of rotatable bonds is 4. The Morgan fingerprint density at radius 3 is 2.00 bits per heavy atom. The van der Waals surface area contributed by atoms with Crippen LogP contribution in [-0.2, 0) is 0 Å². The first-order valence-electron chi connectivity index (χ1n) is 5.83. The first kappa shape index (κ1) is 13.0. The fraction of sp³-hybridized carbons (Fsp3) is 1.00. The average molecular weight is 185 g/mol. The summed E-state index contributed by atoms with van der Waals surface area (Å²) in [5.41, 5.74) is 0.683. The molecule has 1 N–H and O–H groups in total. The molecular weight excluding hydrogens is 158 g/mol. The second-order valence-corrected chi connectivity index (χ2v) is 4.48.